The van der Waals surface area contributed by atoms with E-state index in [2.05, 4.69) is 39.8 Å². The number of Topliss-reactive ketones (excluding diaryl/α,β-unsaturated/α-hetero) is 2. The molecule has 1 aromatic carbocycles. The van der Waals surface area contributed by atoms with E-state index in [1.807, 2.05) is 52.0 Å². The SMILES string of the molecule is CO[C@H]1C[C@@H]2CC[C@@H](C)[C@@](O)(O2)C(=O)C(=O)N2CCCC[C@H]2C(=O)O[C@H]([C@H](C)C[C@@H]2CC[C@@H](O)[C@H](OC)C2)C[C@@H](O)[C@H](C)/C=C(\C)[C@@H](O)[C@@H](OC)C(=NOc2cccc(C(=O)CCc3cnc(N4CCN(C)CC4)nc3)c2)[C@H](C)C[C@H](C)/C=C/C=C/C=C/1C. The van der Waals surface area contributed by atoms with Gasteiger partial charge in [-0.25, -0.2) is 14.8 Å². The number of allylic oxidation sites excluding steroid dienone is 5. The van der Waals surface area contributed by atoms with Crippen molar-refractivity contribution < 1.29 is 68.1 Å². The number of esters is 1. The van der Waals surface area contributed by atoms with E-state index in [1.165, 1.54) is 12.0 Å². The maximum Gasteiger partial charge on any atom is 0.329 e. The number of carbonyl (C=O) groups is 4. The molecule has 20 nitrogen and oxygen atoms in total. The summed E-state index contributed by atoms with van der Waals surface area (Å²) in [6, 6.07) is 5.72. The van der Waals surface area contributed by atoms with E-state index in [-0.39, 0.29) is 61.4 Å². The van der Waals surface area contributed by atoms with Gasteiger partial charge < -0.3 is 63.6 Å². The maximum atomic E-state index is 14.7. The molecule has 0 radical (unpaired) electrons. The van der Waals surface area contributed by atoms with Gasteiger partial charge in [0.2, 0.25) is 11.7 Å². The van der Waals surface area contributed by atoms with Crippen molar-refractivity contribution in [2.75, 3.05) is 66.0 Å². The van der Waals surface area contributed by atoms with Crippen LogP contribution < -0.4 is 9.74 Å². The summed E-state index contributed by atoms with van der Waals surface area (Å²) < 4.78 is 30.4. The standard InChI is InChI=1S/C69H102N6O14/c1-43-18-13-12-14-19-44(2)59(84-9)39-53-26-23-49(7)69(83,88-53)65(80)66(81)75-29-16-15-22-55(75)67(82)87-60(46(4)36-50-24-28-57(77)61(37-50)85-10)40-58(78)45(3)35-48(6)63(79)64(86-11)62(47(5)34-43)72-89-54-21-17-20-52(38-54)56(76)27-25-51-41-70-68(71-42-51)74-32-30-73(8)31-33-74/h12-14,17-21,35,38,41-43,45-47,49-50,53,55,57-61,63-64,77-79,83H,15-16,22-34,36-37,39-40H2,1-11H3/b14-12+,18-13+,44-19+,48-35+,72-62?/t43-,45-,46-,47-,49-,50+,53+,55+,57-,58-,59+,60+,61-,63-,64+,69-/m1/s1. The van der Waals surface area contributed by atoms with Crippen molar-refractivity contribution in [3.05, 3.63) is 95.4 Å². The third kappa shape index (κ3) is 19.3. The number of aryl methyl sites for hydroxylation is 1. The van der Waals surface area contributed by atoms with Crippen LogP contribution in [-0.2, 0) is 44.5 Å². The summed E-state index contributed by atoms with van der Waals surface area (Å²) in [5.74, 6) is -6.23. The Morgan fingerprint density at radius 2 is 1.57 bits per heavy atom. The summed E-state index contributed by atoms with van der Waals surface area (Å²) in [5, 5.41) is 52.0. The number of aromatic nitrogens is 2. The lowest BCUT2D eigenvalue weighted by Crippen LogP contribution is -2.61. The van der Waals surface area contributed by atoms with Crippen LogP contribution in [0.3, 0.4) is 0 Å². The summed E-state index contributed by atoms with van der Waals surface area (Å²) >= 11 is 0. The van der Waals surface area contributed by atoms with E-state index in [4.69, 9.17) is 33.7 Å². The predicted octanol–water partition coefficient (Wildman–Crippen LogP) is 8.20. The molecule has 4 fully saturated rings. The number of ether oxygens (including phenoxy) is 5. The number of oxime groups is 1. The average Bonchev–Trinajstić information content (AvgIpc) is 1.19. The molecule has 3 saturated heterocycles. The number of methoxy groups -OCH3 is 3. The molecule has 2 bridgehead atoms. The zero-order valence-electron chi connectivity index (χ0n) is 54.6. The zero-order valence-corrected chi connectivity index (χ0v) is 54.6. The molecule has 4 aliphatic heterocycles. The molecule has 0 spiro atoms. The first-order valence-corrected chi connectivity index (χ1v) is 32.4. The van der Waals surface area contributed by atoms with E-state index >= 15 is 0 Å². The van der Waals surface area contributed by atoms with Gasteiger partial charge in [-0.15, -0.1) is 0 Å². The fourth-order valence-corrected chi connectivity index (χ4v) is 13.3. The number of piperazine rings is 1. The van der Waals surface area contributed by atoms with Crippen LogP contribution in [-0.4, -0.2) is 191 Å². The number of hydrogen-bond acceptors (Lipinski definition) is 19. The molecule has 7 rings (SSSR count). The first-order valence-electron chi connectivity index (χ1n) is 32.4. The molecule has 2 aromatic rings. The lowest BCUT2D eigenvalue weighted by molar-refractivity contribution is -0.265. The smallest absolute Gasteiger partial charge is 0.329 e. The van der Waals surface area contributed by atoms with Gasteiger partial charge in [0.25, 0.3) is 11.7 Å². The number of piperidine rings is 1. The molecule has 492 valence electrons. The Hall–Kier alpha value is -5.55. The predicted molar refractivity (Wildman–Crippen MR) is 340 cm³/mol. The summed E-state index contributed by atoms with van der Waals surface area (Å²) in [6.07, 6.45) is 15.1. The van der Waals surface area contributed by atoms with Gasteiger partial charge in [-0.1, -0.05) is 88.4 Å². The topological polar surface area (TPSA) is 252 Å². The lowest BCUT2D eigenvalue weighted by Gasteiger charge is -2.43. The number of fused-ring (bicyclic) bond motifs is 3. The molecule has 16 atom stereocenters. The number of cyclic esters (lactones) is 1. The van der Waals surface area contributed by atoms with Crippen LogP contribution in [0.4, 0.5) is 5.95 Å². The first kappa shape index (κ1) is 70.9. The highest BCUT2D eigenvalue weighted by molar-refractivity contribution is 6.39. The van der Waals surface area contributed by atoms with Gasteiger partial charge in [-0.3, -0.25) is 14.4 Å². The fraction of sp³-hybridized carbons (Fsp3) is 0.667. The monoisotopic (exact) mass is 1240 g/mol. The Morgan fingerprint density at radius 1 is 0.831 bits per heavy atom. The van der Waals surface area contributed by atoms with Gasteiger partial charge in [-0.2, -0.15) is 0 Å². The number of nitrogens with zero attached hydrogens (tertiary/aromatic N) is 6. The summed E-state index contributed by atoms with van der Waals surface area (Å²) in [7, 11) is 6.77. The van der Waals surface area contributed by atoms with Crippen molar-refractivity contribution in [2.24, 2.45) is 40.7 Å². The molecule has 0 unspecified atom stereocenters. The number of ketones is 2. The molecule has 1 saturated carbocycles. The first-order chi connectivity index (χ1) is 42.5. The lowest BCUT2D eigenvalue weighted by atomic mass is 9.78. The van der Waals surface area contributed by atoms with Gasteiger partial charge in [0.15, 0.2) is 11.5 Å². The van der Waals surface area contributed by atoms with Crippen LogP contribution in [0.1, 0.15) is 148 Å². The third-order valence-electron chi connectivity index (χ3n) is 19.2. The molecule has 1 amide bonds. The number of likely N-dealkylation sites (N-methyl/N-ethyl adjacent to an activating group) is 1. The minimum Gasteiger partial charge on any atom is -0.460 e. The molecule has 5 heterocycles. The number of aliphatic hydroxyl groups excluding tert-OH is 3. The van der Waals surface area contributed by atoms with E-state index in [0.29, 0.717) is 92.8 Å². The highest BCUT2D eigenvalue weighted by Crippen LogP contribution is 2.38. The van der Waals surface area contributed by atoms with Crippen molar-refractivity contribution in [3.8, 4) is 5.75 Å². The Morgan fingerprint density at radius 3 is 2.28 bits per heavy atom. The number of hydrogen-bond donors (Lipinski definition) is 4. The molecule has 1 aliphatic carbocycles. The Labute approximate surface area is 527 Å². The normalized spacial score (nSPS) is 35.1. The van der Waals surface area contributed by atoms with Crippen LogP contribution in [0.5, 0.6) is 5.75 Å². The fourth-order valence-electron chi connectivity index (χ4n) is 13.3. The van der Waals surface area contributed by atoms with Crippen molar-refractivity contribution >= 4 is 35.1 Å². The van der Waals surface area contributed by atoms with Gasteiger partial charge in [0.05, 0.1) is 36.2 Å². The summed E-state index contributed by atoms with van der Waals surface area (Å²) in [4.78, 5) is 78.3. The van der Waals surface area contributed by atoms with Crippen LogP contribution in [0.2, 0.25) is 0 Å². The molecule has 5 aliphatic rings. The van der Waals surface area contributed by atoms with Crippen molar-refractivity contribution in [3.63, 3.8) is 0 Å². The number of amides is 1. The van der Waals surface area contributed by atoms with Crippen molar-refractivity contribution in [1.82, 2.24) is 19.8 Å². The van der Waals surface area contributed by atoms with Gasteiger partial charge in [-0.05, 0) is 138 Å². The summed E-state index contributed by atoms with van der Waals surface area (Å²) in [6.45, 7) is 16.9. The number of carbonyl (C=O) groups excluding carboxylic acids is 4. The minimum absolute atomic E-state index is 0.000955. The number of benzene rings is 1. The van der Waals surface area contributed by atoms with Crippen LogP contribution >= 0.6 is 0 Å². The van der Waals surface area contributed by atoms with E-state index < -0.39 is 84.1 Å². The van der Waals surface area contributed by atoms with E-state index in [1.54, 1.807) is 70.8 Å². The van der Waals surface area contributed by atoms with E-state index in [0.717, 1.165) is 43.7 Å². The van der Waals surface area contributed by atoms with Gasteiger partial charge >= 0.3 is 5.97 Å². The number of rotatable bonds is 13. The quantitative estimate of drug-likeness (QED) is 0.0485. The molecule has 1 aromatic heterocycles. The summed E-state index contributed by atoms with van der Waals surface area (Å²) in [5.41, 5.74) is 3.08. The molecule has 89 heavy (non-hydrogen) atoms. The van der Waals surface area contributed by atoms with Crippen LogP contribution in [0.25, 0.3) is 0 Å². The van der Waals surface area contributed by atoms with E-state index in [9.17, 15) is 39.6 Å². The number of aliphatic hydroxyl groups is 4. The largest absolute Gasteiger partial charge is 0.460 e. The Bertz CT molecular complexity index is 2800. The minimum atomic E-state index is -2.44. The second-order valence-corrected chi connectivity index (χ2v) is 26.1. The third-order valence-corrected chi connectivity index (χ3v) is 19.2. The maximum absolute atomic E-state index is 14.7. The molecular weight excluding hydrogens is 1140 g/mol. The number of anilines is 1. The van der Waals surface area contributed by atoms with Gasteiger partial charge in [0.1, 0.15) is 24.4 Å². The highest BCUT2D eigenvalue weighted by atomic mass is 16.6. The molecular formula is C69H102N6O14. The zero-order chi connectivity index (χ0) is 64.5. The van der Waals surface area contributed by atoms with Crippen molar-refractivity contribution in [1.29, 1.82) is 0 Å². The molecule has 4 N–H and O–H groups in total. The van der Waals surface area contributed by atoms with Crippen LogP contribution in [0.15, 0.2) is 89.4 Å². The van der Waals surface area contributed by atoms with Crippen LogP contribution in [0, 0.1) is 35.5 Å². The Balaban J connectivity index is 1.17. The van der Waals surface area contributed by atoms with Crippen molar-refractivity contribution in [2.45, 2.75) is 199 Å². The second-order valence-electron chi connectivity index (χ2n) is 26.1. The van der Waals surface area contributed by atoms with Gasteiger partial charge in [0, 0.05) is 109 Å². The average molecular weight is 1240 g/mol. The highest BCUT2D eigenvalue weighted by Gasteiger charge is 2.53. The molecule has 20 heteroatoms. The Kier molecular flexibility index (Phi) is 26.8. The second kappa shape index (κ2) is 33.7.